The fourth-order valence-corrected chi connectivity index (χ4v) is 4.80. The molecule has 0 bridgehead atoms. The predicted octanol–water partition coefficient (Wildman–Crippen LogP) is 5.12. The van der Waals surface area contributed by atoms with Crippen LogP contribution in [0.15, 0.2) is 42.5 Å². The van der Waals surface area contributed by atoms with Gasteiger partial charge in [0.1, 0.15) is 6.61 Å². The van der Waals surface area contributed by atoms with Crippen molar-refractivity contribution < 1.29 is 14.3 Å². The minimum atomic E-state index is -0.213. The first kappa shape index (κ1) is 20.6. The zero-order valence-electron chi connectivity index (χ0n) is 16.9. The second kappa shape index (κ2) is 8.62. The minimum absolute atomic E-state index is 0.0508. The average molecular weight is 444 g/mol. The number of hydrogen-bond donors (Lipinski definition) is 2. The van der Waals surface area contributed by atoms with Gasteiger partial charge in [0.2, 0.25) is 5.91 Å². The third-order valence-corrected chi connectivity index (χ3v) is 6.66. The van der Waals surface area contributed by atoms with Crippen LogP contribution in [0, 0.1) is 6.92 Å². The summed E-state index contributed by atoms with van der Waals surface area (Å²) in [4.78, 5) is 12.3. The molecule has 2 N–H and O–H groups in total. The Kier molecular flexibility index (Phi) is 5.92. The van der Waals surface area contributed by atoms with Crippen LogP contribution in [0.2, 0.25) is 5.02 Å². The fourth-order valence-electron chi connectivity index (χ4n) is 3.36. The zero-order chi connectivity index (χ0) is 21.3. The van der Waals surface area contributed by atoms with E-state index in [1.807, 2.05) is 56.3 Å². The van der Waals surface area contributed by atoms with E-state index in [2.05, 4.69) is 15.5 Å². The van der Waals surface area contributed by atoms with E-state index in [4.69, 9.17) is 21.1 Å². The number of fused-ring (bicyclic) bond motifs is 1. The number of benzene rings is 2. The first-order valence-electron chi connectivity index (χ1n) is 9.52. The van der Waals surface area contributed by atoms with Gasteiger partial charge in [-0.15, -0.1) is 11.8 Å². The summed E-state index contributed by atoms with van der Waals surface area (Å²) < 4.78 is 11.6. The molecule has 8 heteroatoms. The summed E-state index contributed by atoms with van der Waals surface area (Å²) in [6, 6.07) is 13.4. The standard InChI is InChI=1S/C22H22ClN3O3S/c1-12-19-20(30-13(2)22(27)24-21(19)26-25-12)15-6-9-17(18(10-15)28-3)29-11-14-4-7-16(23)8-5-14/h4-10,13,20H,11H2,1-3H3,(H2,24,25,26,27)/t13-,20-/m1/s1. The summed E-state index contributed by atoms with van der Waals surface area (Å²) in [5.74, 6) is 1.83. The Morgan fingerprint density at radius 1 is 1.17 bits per heavy atom. The van der Waals surface area contributed by atoms with Crippen LogP contribution in [-0.2, 0) is 11.4 Å². The van der Waals surface area contributed by atoms with E-state index < -0.39 is 0 Å². The molecule has 0 aliphatic carbocycles. The van der Waals surface area contributed by atoms with Crippen molar-refractivity contribution in [3.63, 3.8) is 0 Å². The Balaban J connectivity index is 1.62. The Morgan fingerprint density at radius 3 is 2.67 bits per heavy atom. The Bertz CT molecular complexity index is 1070. The molecule has 156 valence electrons. The molecule has 1 amide bonds. The third kappa shape index (κ3) is 4.13. The smallest absolute Gasteiger partial charge is 0.238 e. The lowest BCUT2D eigenvalue weighted by Gasteiger charge is -2.19. The van der Waals surface area contributed by atoms with Crippen molar-refractivity contribution in [2.24, 2.45) is 0 Å². The Morgan fingerprint density at radius 2 is 1.93 bits per heavy atom. The summed E-state index contributed by atoms with van der Waals surface area (Å²) in [7, 11) is 1.62. The van der Waals surface area contributed by atoms with E-state index in [1.54, 1.807) is 18.9 Å². The van der Waals surface area contributed by atoms with Gasteiger partial charge in [-0.05, 0) is 49.2 Å². The first-order valence-corrected chi connectivity index (χ1v) is 10.8. The van der Waals surface area contributed by atoms with Gasteiger partial charge in [-0.2, -0.15) is 5.10 Å². The SMILES string of the molecule is COc1cc([C@H]2S[C@H](C)C(=O)Nc3n[nH]c(C)c32)ccc1OCc1ccc(Cl)cc1. The summed E-state index contributed by atoms with van der Waals surface area (Å²) in [5, 5.41) is 10.6. The molecular weight excluding hydrogens is 422 g/mol. The number of nitrogens with one attached hydrogen (secondary N) is 2. The zero-order valence-corrected chi connectivity index (χ0v) is 18.4. The molecule has 2 atom stereocenters. The molecule has 0 spiro atoms. The number of amides is 1. The topological polar surface area (TPSA) is 76.2 Å². The van der Waals surface area contributed by atoms with Crippen molar-refractivity contribution in [3.8, 4) is 11.5 Å². The molecule has 0 unspecified atom stereocenters. The number of aromatic amines is 1. The van der Waals surface area contributed by atoms with Crippen molar-refractivity contribution in [2.75, 3.05) is 12.4 Å². The number of halogens is 1. The molecule has 0 fully saturated rings. The fraction of sp³-hybridized carbons (Fsp3) is 0.273. The molecule has 0 saturated heterocycles. The largest absolute Gasteiger partial charge is 0.493 e. The van der Waals surface area contributed by atoms with Crippen molar-refractivity contribution in [3.05, 3.63) is 69.9 Å². The van der Waals surface area contributed by atoms with Crippen LogP contribution in [0.25, 0.3) is 0 Å². The van der Waals surface area contributed by atoms with Gasteiger partial charge >= 0.3 is 0 Å². The van der Waals surface area contributed by atoms with Gasteiger partial charge in [-0.25, -0.2) is 0 Å². The van der Waals surface area contributed by atoms with Crippen molar-refractivity contribution in [2.45, 2.75) is 31.0 Å². The van der Waals surface area contributed by atoms with Crippen LogP contribution < -0.4 is 14.8 Å². The molecule has 1 aromatic heterocycles. The number of aromatic nitrogens is 2. The van der Waals surface area contributed by atoms with Gasteiger partial charge in [-0.3, -0.25) is 9.89 Å². The van der Waals surface area contributed by atoms with Gasteiger partial charge in [-0.1, -0.05) is 29.8 Å². The van der Waals surface area contributed by atoms with Crippen LogP contribution >= 0.6 is 23.4 Å². The second-order valence-electron chi connectivity index (χ2n) is 7.08. The highest BCUT2D eigenvalue weighted by Gasteiger charge is 2.32. The van der Waals surface area contributed by atoms with E-state index in [1.165, 1.54) is 0 Å². The van der Waals surface area contributed by atoms with Crippen molar-refractivity contribution in [1.82, 2.24) is 10.2 Å². The molecule has 2 aromatic carbocycles. The molecule has 30 heavy (non-hydrogen) atoms. The maximum Gasteiger partial charge on any atom is 0.238 e. The molecule has 0 saturated carbocycles. The van der Waals surface area contributed by atoms with Crippen LogP contribution in [0.3, 0.4) is 0 Å². The lowest BCUT2D eigenvalue weighted by atomic mass is 10.0. The maximum atomic E-state index is 12.3. The van der Waals surface area contributed by atoms with Crippen molar-refractivity contribution in [1.29, 1.82) is 0 Å². The second-order valence-corrected chi connectivity index (χ2v) is 8.97. The predicted molar refractivity (Wildman–Crippen MR) is 120 cm³/mol. The highest BCUT2D eigenvalue weighted by molar-refractivity contribution is 8.01. The van der Waals surface area contributed by atoms with Gasteiger partial charge in [0.25, 0.3) is 0 Å². The molecule has 6 nitrogen and oxygen atoms in total. The highest BCUT2D eigenvalue weighted by Crippen LogP contribution is 2.46. The molecule has 4 rings (SSSR count). The van der Waals surface area contributed by atoms with Gasteiger partial charge in [0.15, 0.2) is 17.3 Å². The minimum Gasteiger partial charge on any atom is -0.493 e. The summed E-state index contributed by atoms with van der Waals surface area (Å²) in [5.41, 5.74) is 3.94. The van der Waals surface area contributed by atoms with Gasteiger partial charge < -0.3 is 14.8 Å². The summed E-state index contributed by atoms with van der Waals surface area (Å²) >= 11 is 7.53. The third-order valence-electron chi connectivity index (χ3n) is 5.01. The van der Waals surface area contributed by atoms with Crippen LogP contribution in [0.4, 0.5) is 5.82 Å². The maximum absolute atomic E-state index is 12.3. The molecule has 2 heterocycles. The lowest BCUT2D eigenvalue weighted by molar-refractivity contribution is -0.115. The summed E-state index contributed by atoms with van der Waals surface area (Å²) in [6.07, 6.45) is 0. The van der Waals surface area contributed by atoms with E-state index in [0.717, 1.165) is 22.4 Å². The molecule has 3 aromatic rings. The number of methoxy groups -OCH3 is 1. The normalized spacial score (nSPS) is 18.3. The molecule has 1 aliphatic heterocycles. The van der Waals surface area contributed by atoms with E-state index in [9.17, 15) is 4.79 Å². The van der Waals surface area contributed by atoms with Gasteiger partial charge in [0.05, 0.1) is 17.6 Å². The number of thioether (sulfide) groups is 1. The molecule has 0 radical (unpaired) electrons. The monoisotopic (exact) mass is 443 g/mol. The van der Waals surface area contributed by atoms with E-state index >= 15 is 0 Å². The van der Waals surface area contributed by atoms with Crippen molar-refractivity contribution >= 4 is 35.1 Å². The van der Waals surface area contributed by atoms with E-state index in [0.29, 0.717) is 28.9 Å². The number of carbonyl (C=O) groups is 1. The van der Waals surface area contributed by atoms with E-state index in [-0.39, 0.29) is 16.4 Å². The average Bonchev–Trinajstić information content (AvgIpc) is 3.04. The Hall–Kier alpha value is -2.64. The number of aryl methyl sites for hydroxylation is 1. The van der Waals surface area contributed by atoms with Crippen LogP contribution in [0.5, 0.6) is 11.5 Å². The number of rotatable bonds is 5. The number of ether oxygens (including phenoxy) is 2. The highest BCUT2D eigenvalue weighted by atomic mass is 35.5. The first-order chi connectivity index (χ1) is 14.5. The number of H-pyrrole nitrogens is 1. The van der Waals surface area contributed by atoms with Crippen LogP contribution in [0.1, 0.15) is 34.6 Å². The van der Waals surface area contributed by atoms with Gasteiger partial charge in [0, 0.05) is 16.3 Å². The lowest BCUT2D eigenvalue weighted by Crippen LogP contribution is -2.21. The number of nitrogens with zero attached hydrogens (tertiary/aromatic N) is 1. The number of anilines is 1. The number of hydrogen-bond acceptors (Lipinski definition) is 5. The summed E-state index contributed by atoms with van der Waals surface area (Å²) in [6.45, 7) is 4.27. The molecule has 1 aliphatic rings. The van der Waals surface area contributed by atoms with Crippen LogP contribution in [-0.4, -0.2) is 28.5 Å². The number of carbonyl (C=O) groups excluding carboxylic acids is 1. The quantitative estimate of drug-likeness (QED) is 0.572. The molecular formula is C22H22ClN3O3S. The Labute approximate surface area is 184 Å².